The highest BCUT2D eigenvalue weighted by molar-refractivity contribution is 5.95. The third-order valence-electron chi connectivity index (χ3n) is 4.19. The molecule has 0 saturated carbocycles. The molecule has 30 heavy (non-hydrogen) atoms. The number of hydrogen-bond donors (Lipinski definition) is 1. The Balaban J connectivity index is 1.92. The lowest BCUT2D eigenvalue weighted by atomic mass is 10.0. The molecule has 3 rings (SSSR count). The molecule has 0 aliphatic carbocycles. The summed E-state index contributed by atoms with van der Waals surface area (Å²) in [6, 6.07) is 3.48. The second-order valence-electron chi connectivity index (χ2n) is 7.73. The van der Waals surface area contributed by atoms with Crippen molar-refractivity contribution < 1.29 is 23.8 Å². The van der Waals surface area contributed by atoms with E-state index in [0.717, 1.165) is 11.1 Å². The fourth-order valence-corrected chi connectivity index (χ4v) is 3.10. The van der Waals surface area contributed by atoms with E-state index in [0.29, 0.717) is 17.6 Å². The molecular formula is C22H24N2O6. The van der Waals surface area contributed by atoms with Crippen molar-refractivity contribution in [2.75, 3.05) is 13.2 Å². The van der Waals surface area contributed by atoms with Gasteiger partial charge in [0.05, 0.1) is 25.3 Å². The first-order chi connectivity index (χ1) is 14.2. The fourth-order valence-electron chi connectivity index (χ4n) is 3.10. The van der Waals surface area contributed by atoms with E-state index in [4.69, 9.17) is 14.2 Å². The molecule has 0 atom stereocenters. The highest BCUT2D eigenvalue weighted by atomic mass is 16.6. The molecule has 8 nitrogen and oxygen atoms in total. The van der Waals surface area contributed by atoms with Crippen molar-refractivity contribution in [1.82, 2.24) is 9.88 Å². The van der Waals surface area contributed by atoms with Crippen LogP contribution in [0.1, 0.15) is 49.2 Å². The summed E-state index contributed by atoms with van der Waals surface area (Å²) in [5.74, 6) is 5.11. The lowest BCUT2D eigenvalue weighted by Gasteiger charge is -2.21. The monoisotopic (exact) mass is 412 g/mol. The first-order valence-electron chi connectivity index (χ1n) is 9.60. The first kappa shape index (κ1) is 21.4. The van der Waals surface area contributed by atoms with Gasteiger partial charge >= 0.3 is 12.1 Å². The minimum atomic E-state index is -0.668. The molecule has 0 bridgehead atoms. The summed E-state index contributed by atoms with van der Waals surface area (Å²) in [5.41, 5.74) is 1.07. The van der Waals surface area contributed by atoms with Gasteiger partial charge in [-0.2, -0.15) is 0 Å². The number of nitrogens with one attached hydrogen (secondary N) is 1. The molecule has 0 fully saturated rings. The Bertz CT molecular complexity index is 1110. The van der Waals surface area contributed by atoms with Crippen molar-refractivity contribution in [3.63, 3.8) is 0 Å². The Labute approximate surface area is 174 Å². The van der Waals surface area contributed by atoms with Crippen LogP contribution in [0, 0.1) is 11.8 Å². The van der Waals surface area contributed by atoms with Gasteiger partial charge in [0.25, 0.3) is 0 Å². The zero-order valence-corrected chi connectivity index (χ0v) is 17.5. The van der Waals surface area contributed by atoms with E-state index in [1.54, 1.807) is 38.3 Å². The van der Waals surface area contributed by atoms with Crippen LogP contribution in [-0.4, -0.2) is 35.4 Å². The molecule has 1 aliphatic rings. The number of esters is 1. The molecule has 0 unspecified atom stereocenters. The Morgan fingerprint density at radius 1 is 1.30 bits per heavy atom. The average molecular weight is 412 g/mol. The minimum Gasteiger partial charge on any atom is -0.462 e. The van der Waals surface area contributed by atoms with Crippen LogP contribution in [0.3, 0.4) is 0 Å². The summed E-state index contributed by atoms with van der Waals surface area (Å²) >= 11 is 0. The molecule has 2 aromatic rings. The number of aromatic nitrogens is 1. The van der Waals surface area contributed by atoms with Gasteiger partial charge in [0, 0.05) is 22.7 Å². The normalized spacial score (nSPS) is 12.7. The van der Waals surface area contributed by atoms with Crippen LogP contribution in [0.15, 0.2) is 23.1 Å². The minimum absolute atomic E-state index is 0.0440. The van der Waals surface area contributed by atoms with Crippen LogP contribution in [0.2, 0.25) is 0 Å². The molecule has 1 aromatic carbocycles. The topological polar surface area (TPSA) is 95.9 Å². The van der Waals surface area contributed by atoms with E-state index < -0.39 is 23.1 Å². The van der Waals surface area contributed by atoms with Crippen molar-refractivity contribution >= 4 is 23.0 Å². The molecule has 1 amide bonds. The van der Waals surface area contributed by atoms with E-state index in [2.05, 4.69) is 17.2 Å². The lowest BCUT2D eigenvalue weighted by Crippen LogP contribution is -2.32. The number of carbonyl (C=O) groups excluding carboxylic acids is 2. The van der Waals surface area contributed by atoms with Gasteiger partial charge in [0.1, 0.15) is 17.9 Å². The number of pyridine rings is 1. The number of carbonyl (C=O) groups is 2. The van der Waals surface area contributed by atoms with Crippen molar-refractivity contribution in [3.8, 4) is 11.8 Å². The number of nitrogens with zero attached hydrogens (tertiary/aromatic N) is 1. The van der Waals surface area contributed by atoms with E-state index in [1.165, 1.54) is 6.20 Å². The SMILES string of the molecule is CCOC(=O)c1cn2c3c(cc(C#CCNC(=O)OC(C)(C)C)cc3c1=O)COC2. The van der Waals surface area contributed by atoms with Crippen molar-refractivity contribution in [1.29, 1.82) is 0 Å². The molecule has 1 aromatic heterocycles. The Morgan fingerprint density at radius 2 is 2.07 bits per heavy atom. The summed E-state index contributed by atoms with van der Waals surface area (Å²) < 4.78 is 17.4. The van der Waals surface area contributed by atoms with E-state index in [1.807, 2.05) is 6.07 Å². The maximum atomic E-state index is 12.9. The largest absolute Gasteiger partial charge is 0.462 e. The second kappa shape index (κ2) is 8.59. The maximum Gasteiger partial charge on any atom is 0.408 e. The van der Waals surface area contributed by atoms with Gasteiger partial charge in [-0.3, -0.25) is 4.79 Å². The predicted molar refractivity (Wildman–Crippen MR) is 110 cm³/mol. The van der Waals surface area contributed by atoms with Crippen LogP contribution < -0.4 is 10.7 Å². The van der Waals surface area contributed by atoms with Crippen molar-refractivity contribution in [2.45, 2.75) is 46.6 Å². The third-order valence-corrected chi connectivity index (χ3v) is 4.19. The van der Waals surface area contributed by atoms with Crippen LogP contribution in [0.4, 0.5) is 4.79 Å². The lowest BCUT2D eigenvalue weighted by molar-refractivity contribution is 0.0502. The van der Waals surface area contributed by atoms with E-state index >= 15 is 0 Å². The van der Waals surface area contributed by atoms with Gasteiger partial charge in [0.15, 0.2) is 0 Å². The van der Waals surface area contributed by atoms with E-state index in [-0.39, 0.29) is 25.4 Å². The van der Waals surface area contributed by atoms with Crippen LogP contribution in [-0.2, 0) is 27.5 Å². The number of hydrogen-bond acceptors (Lipinski definition) is 6. The summed E-state index contributed by atoms with van der Waals surface area (Å²) in [6.07, 6.45) is 0.919. The van der Waals surface area contributed by atoms with Gasteiger partial charge < -0.3 is 24.1 Å². The highest BCUT2D eigenvalue weighted by Crippen LogP contribution is 2.24. The summed E-state index contributed by atoms with van der Waals surface area (Å²) in [6.45, 7) is 7.84. The molecule has 1 aliphatic heterocycles. The predicted octanol–water partition coefficient (Wildman–Crippen LogP) is 2.54. The summed E-state index contributed by atoms with van der Waals surface area (Å²) in [7, 11) is 0. The number of amides is 1. The number of alkyl carbamates (subject to hydrolysis) is 1. The smallest absolute Gasteiger partial charge is 0.408 e. The zero-order valence-electron chi connectivity index (χ0n) is 17.5. The Morgan fingerprint density at radius 3 is 2.77 bits per heavy atom. The number of benzene rings is 1. The maximum absolute atomic E-state index is 12.9. The van der Waals surface area contributed by atoms with Gasteiger partial charge in [0.2, 0.25) is 5.43 Å². The summed E-state index contributed by atoms with van der Waals surface area (Å²) in [5, 5.41) is 2.94. The van der Waals surface area contributed by atoms with E-state index in [9.17, 15) is 14.4 Å². The molecule has 2 heterocycles. The molecule has 0 spiro atoms. The van der Waals surface area contributed by atoms with Gasteiger partial charge in [-0.15, -0.1) is 0 Å². The molecule has 158 valence electrons. The summed E-state index contributed by atoms with van der Waals surface area (Å²) in [4.78, 5) is 36.8. The zero-order chi connectivity index (χ0) is 21.9. The van der Waals surface area contributed by atoms with Crippen LogP contribution in [0.5, 0.6) is 0 Å². The van der Waals surface area contributed by atoms with Crippen LogP contribution >= 0.6 is 0 Å². The fraction of sp³-hybridized carbons (Fsp3) is 0.409. The van der Waals surface area contributed by atoms with Gasteiger partial charge in [-0.1, -0.05) is 11.8 Å². The third kappa shape index (κ3) is 4.81. The second-order valence-corrected chi connectivity index (χ2v) is 7.73. The van der Waals surface area contributed by atoms with Crippen molar-refractivity contribution in [2.24, 2.45) is 0 Å². The number of rotatable bonds is 3. The average Bonchev–Trinajstić information content (AvgIpc) is 2.66. The Kier molecular flexibility index (Phi) is 6.13. The molecule has 1 N–H and O–H groups in total. The van der Waals surface area contributed by atoms with Gasteiger partial charge in [-0.25, -0.2) is 9.59 Å². The first-order valence-corrected chi connectivity index (χ1v) is 9.60. The van der Waals surface area contributed by atoms with Gasteiger partial charge in [-0.05, 0) is 39.8 Å². The Hall–Kier alpha value is -3.31. The number of ether oxygens (including phenoxy) is 3. The standard InChI is InChI=1S/C22H24N2O6/c1-5-29-20(26)17-11-24-13-28-12-15-9-14(10-16(18(15)24)19(17)25)7-6-8-23-21(27)30-22(2,3)4/h9-11H,5,8,12-13H2,1-4H3,(H,23,27). The molecule has 0 radical (unpaired) electrons. The quantitative estimate of drug-likeness (QED) is 0.615. The molecular weight excluding hydrogens is 388 g/mol. The molecule has 0 saturated heterocycles. The van der Waals surface area contributed by atoms with Crippen LogP contribution in [0.25, 0.3) is 10.9 Å². The van der Waals surface area contributed by atoms with Crippen molar-refractivity contribution in [3.05, 3.63) is 45.2 Å². The highest BCUT2D eigenvalue weighted by Gasteiger charge is 2.21. The molecule has 8 heteroatoms.